The van der Waals surface area contributed by atoms with E-state index in [-0.39, 0.29) is 22.8 Å². The van der Waals surface area contributed by atoms with Crippen LogP contribution in [0.4, 0.5) is 0 Å². The van der Waals surface area contributed by atoms with Gasteiger partial charge in [-0.2, -0.15) is 4.31 Å². The van der Waals surface area contributed by atoms with Gasteiger partial charge in [0.1, 0.15) is 6.04 Å². The first kappa shape index (κ1) is 18.8. The van der Waals surface area contributed by atoms with Crippen molar-refractivity contribution in [2.45, 2.75) is 56.0 Å². The van der Waals surface area contributed by atoms with Crippen molar-refractivity contribution in [2.24, 2.45) is 0 Å². The predicted octanol–water partition coefficient (Wildman–Crippen LogP) is 1.26. The highest BCUT2D eigenvalue weighted by Crippen LogP contribution is 2.27. The van der Waals surface area contributed by atoms with Crippen LogP contribution in [-0.4, -0.2) is 49.7 Å². The van der Waals surface area contributed by atoms with Crippen molar-refractivity contribution in [1.29, 1.82) is 0 Å². The Morgan fingerprint density at radius 2 is 1.96 bits per heavy atom. The fourth-order valence-electron chi connectivity index (χ4n) is 3.34. The average molecular weight is 379 g/mol. The predicted molar refractivity (Wildman–Crippen MR) is 97.1 cm³/mol. The highest BCUT2D eigenvalue weighted by Gasteiger charge is 2.39. The second kappa shape index (κ2) is 7.75. The first-order chi connectivity index (χ1) is 12.4. The van der Waals surface area contributed by atoms with Crippen molar-refractivity contribution in [3.8, 4) is 0 Å². The van der Waals surface area contributed by atoms with Crippen LogP contribution < -0.4 is 10.6 Å². The molecule has 0 aromatic heterocycles. The molecule has 2 N–H and O–H groups in total. The molecule has 1 heterocycles. The van der Waals surface area contributed by atoms with Crippen molar-refractivity contribution in [3.63, 3.8) is 0 Å². The molecule has 2 aliphatic rings. The molecule has 3 rings (SSSR count). The van der Waals surface area contributed by atoms with Crippen molar-refractivity contribution >= 4 is 21.8 Å². The van der Waals surface area contributed by atoms with Gasteiger partial charge in [0.15, 0.2) is 0 Å². The monoisotopic (exact) mass is 379 g/mol. The Labute approximate surface area is 154 Å². The van der Waals surface area contributed by atoms with E-state index in [1.54, 1.807) is 19.1 Å². The molecule has 0 spiro atoms. The van der Waals surface area contributed by atoms with Crippen LogP contribution in [0.5, 0.6) is 0 Å². The number of carbonyl (C=O) groups is 2. The standard InChI is InChI=1S/C18H25N3O4S/c1-2-19-18(23)16-10-5-11-21(16)26(24,25)15-9-3-6-13(12-15)17(22)20-14-7-4-8-14/h3,6,9,12,14,16H,2,4-5,7-8,10-11H2,1H3,(H,19,23)(H,20,22)/t16-/m0/s1. The van der Waals surface area contributed by atoms with Crippen LogP contribution in [0, 0.1) is 0 Å². The zero-order chi connectivity index (χ0) is 18.7. The summed E-state index contributed by atoms with van der Waals surface area (Å²) < 4.78 is 27.3. The van der Waals surface area contributed by atoms with Crippen LogP contribution in [-0.2, 0) is 14.8 Å². The van der Waals surface area contributed by atoms with E-state index < -0.39 is 16.1 Å². The third-order valence-electron chi connectivity index (χ3n) is 5.00. The maximum Gasteiger partial charge on any atom is 0.251 e. The van der Waals surface area contributed by atoms with Crippen LogP contribution in [0.25, 0.3) is 0 Å². The van der Waals surface area contributed by atoms with E-state index in [1.165, 1.54) is 16.4 Å². The average Bonchev–Trinajstić information content (AvgIpc) is 3.09. The van der Waals surface area contributed by atoms with E-state index in [0.29, 0.717) is 31.5 Å². The van der Waals surface area contributed by atoms with Crippen molar-refractivity contribution in [1.82, 2.24) is 14.9 Å². The minimum absolute atomic E-state index is 0.0509. The summed E-state index contributed by atoms with van der Waals surface area (Å²) in [5.41, 5.74) is 0.326. The zero-order valence-electron chi connectivity index (χ0n) is 14.9. The van der Waals surface area contributed by atoms with E-state index in [1.807, 2.05) is 0 Å². The van der Waals surface area contributed by atoms with Gasteiger partial charge in [-0.05, 0) is 57.2 Å². The highest BCUT2D eigenvalue weighted by atomic mass is 32.2. The SMILES string of the molecule is CCNC(=O)[C@@H]1CCCN1S(=O)(=O)c1cccc(C(=O)NC2CCC2)c1. The third-order valence-corrected chi connectivity index (χ3v) is 6.90. The lowest BCUT2D eigenvalue weighted by Gasteiger charge is -2.26. The molecule has 1 aliphatic heterocycles. The van der Waals surface area contributed by atoms with Gasteiger partial charge in [0.2, 0.25) is 15.9 Å². The maximum atomic E-state index is 13.0. The van der Waals surface area contributed by atoms with E-state index >= 15 is 0 Å². The van der Waals surface area contributed by atoms with Gasteiger partial charge in [0.05, 0.1) is 4.90 Å². The van der Waals surface area contributed by atoms with Crippen LogP contribution in [0.15, 0.2) is 29.2 Å². The number of hydrogen-bond acceptors (Lipinski definition) is 4. The number of nitrogens with zero attached hydrogens (tertiary/aromatic N) is 1. The van der Waals surface area contributed by atoms with Crippen LogP contribution >= 0.6 is 0 Å². The molecule has 1 aromatic carbocycles. The molecule has 142 valence electrons. The van der Waals surface area contributed by atoms with Crippen molar-refractivity contribution < 1.29 is 18.0 Å². The van der Waals surface area contributed by atoms with Crippen LogP contribution in [0.2, 0.25) is 0 Å². The van der Waals surface area contributed by atoms with Crippen molar-refractivity contribution in [3.05, 3.63) is 29.8 Å². The molecule has 1 saturated carbocycles. The number of likely N-dealkylation sites (N-methyl/N-ethyl adjacent to an activating group) is 1. The summed E-state index contributed by atoms with van der Waals surface area (Å²) in [6, 6.07) is 5.55. The summed E-state index contributed by atoms with van der Waals surface area (Å²) in [7, 11) is -3.83. The normalized spacial score (nSPS) is 21.2. The molecule has 1 aromatic rings. The molecule has 2 amide bonds. The largest absolute Gasteiger partial charge is 0.355 e. The van der Waals surface area contributed by atoms with Gasteiger partial charge < -0.3 is 10.6 Å². The molecule has 1 atom stereocenters. The van der Waals surface area contributed by atoms with Gasteiger partial charge in [-0.15, -0.1) is 0 Å². The molecule has 7 nitrogen and oxygen atoms in total. The Bertz CT molecular complexity index is 789. The molecular weight excluding hydrogens is 354 g/mol. The molecule has 1 aliphatic carbocycles. The number of nitrogens with one attached hydrogen (secondary N) is 2. The third kappa shape index (κ3) is 3.76. The lowest BCUT2D eigenvalue weighted by molar-refractivity contribution is -0.124. The summed E-state index contributed by atoms with van der Waals surface area (Å²) in [5, 5.41) is 5.61. The Kier molecular flexibility index (Phi) is 5.62. The smallest absolute Gasteiger partial charge is 0.251 e. The fourth-order valence-corrected chi connectivity index (χ4v) is 5.04. The van der Waals surface area contributed by atoms with Gasteiger partial charge in [-0.1, -0.05) is 6.07 Å². The second-order valence-corrected chi connectivity index (χ2v) is 8.69. The summed E-state index contributed by atoms with van der Waals surface area (Å²) >= 11 is 0. The number of benzene rings is 1. The first-order valence-electron chi connectivity index (χ1n) is 9.14. The van der Waals surface area contributed by atoms with Crippen LogP contribution in [0.3, 0.4) is 0 Å². The molecule has 8 heteroatoms. The Morgan fingerprint density at radius 3 is 2.62 bits per heavy atom. The van der Waals surface area contributed by atoms with E-state index in [2.05, 4.69) is 10.6 Å². The number of hydrogen-bond donors (Lipinski definition) is 2. The lowest BCUT2D eigenvalue weighted by Crippen LogP contribution is -2.45. The van der Waals surface area contributed by atoms with E-state index in [9.17, 15) is 18.0 Å². The number of rotatable bonds is 6. The summed E-state index contributed by atoms with van der Waals surface area (Å²) in [4.78, 5) is 24.6. The molecule has 26 heavy (non-hydrogen) atoms. The minimum atomic E-state index is -3.83. The van der Waals surface area contributed by atoms with Gasteiger partial charge in [0.25, 0.3) is 5.91 Å². The topological polar surface area (TPSA) is 95.6 Å². The highest BCUT2D eigenvalue weighted by molar-refractivity contribution is 7.89. The Hall–Kier alpha value is -1.93. The lowest BCUT2D eigenvalue weighted by atomic mass is 9.93. The first-order valence-corrected chi connectivity index (χ1v) is 10.6. The number of carbonyl (C=O) groups excluding carboxylic acids is 2. The molecular formula is C18H25N3O4S. The summed E-state index contributed by atoms with van der Waals surface area (Å²) in [6.07, 6.45) is 4.18. The second-order valence-electron chi connectivity index (χ2n) is 6.80. The van der Waals surface area contributed by atoms with Gasteiger partial charge in [-0.25, -0.2) is 8.42 Å². The Morgan fingerprint density at radius 1 is 1.19 bits per heavy atom. The fraction of sp³-hybridized carbons (Fsp3) is 0.556. The van der Waals surface area contributed by atoms with Gasteiger partial charge in [-0.3, -0.25) is 9.59 Å². The minimum Gasteiger partial charge on any atom is -0.355 e. The zero-order valence-corrected chi connectivity index (χ0v) is 15.7. The molecule has 0 bridgehead atoms. The summed E-state index contributed by atoms with van der Waals surface area (Å²) in [5.74, 6) is -0.527. The van der Waals surface area contributed by atoms with Crippen LogP contribution in [0.1, 0.15) is 49.4 Å². The summed E-state index contributed by atoms with van der Waals surface area (Å²) in [6.45, 7) is 2.57. The molecule has 0 radical (unpaired) electrons. The van der Waals surface area contributed by atoms with E-state index in [4.69, 9.17) is 0 Å². The molecule has 0 unspecified atom stereocenters. The van der Waals surface area contributed by atoms with E-state index in [0.717, 1.165) is 19.3 Å². The van der Waals surface area contributed by atoms with Crippen molar-refractivity contribution in [2.75, 3.05) is 13.1 Å². The van der Waals surface area contributed by atoms with Gasteiger partial charge >= 0.3 is 0 Å². The number of sulfonamides is 1. The van der Waals surface area contributed by atoms with Gasteiger partial charge in [0, 0.05) is 24.7 Å². The number of amides is 2. The maximum absolute atomic E-state index is 13.0. The quantitative estimate of drug-likeness (QED) is 0.778. The Balaban J connectivity index is 1.81. The molecule has 1 saturated heterocycles. The molecule has 2 fully saturated rings.